The number of aromatic nitrogens is 4. The molecule has 3 heterocycles. The van der Waals surface area contributed by atoms with E-state index in [9.17, 15) is 23.2 Å². The summed E-state index contributed by atoms with van der Waals surface area (Å²) in [6.45, 7) is 2.58. The Balaban J connectivity index is 1.33. The van der Waals surface area contributed by atoms with E-state index in [0.717, 1.165) is 41.2 Å². The van der Waals surface area contributed by atoms with Crippen LogP contribution in [0.4, 0.5) is 13.2 Å². The van der Waals surface area contributed by atoms with E-state index >= 15 is 0 Å². The molecule has 0 bridgehead atoms. The van der Waals surface area contributed by atoms with Crippen molar-refractivity contribution in [2.24, 2.45) is 0 Å². The summed E-state index contributed by atoms with van der Waals surface area (Å²) in [7, 11) is 0. The van der Waals surface area contributed by atoms with E-state index in [0.29, 0.717) is 12.1 Å². The summed E-state index contributed by atoms with van der Waals surface area (Å²) in [6, 6.07) is 14.4. The third-order valence-corrected chi connectivity index (χ3v) is 5.79. The molecule has 1 aliphatic heterocycles. The Hall–Kier alpha value is -4.72. The van der Waals surface area contributed by atoms with Crippen LogP contribution in [-0.4, -0.2) is 19.5 Å². The molecule has 0 atom stereocenters. The number of nitrogens with zero attached hydrogens (tertiary/aromatic N) is 5. The van der Waals surface area contributed by atoms with Crippen LogP contribution in [0.15, 0.2) is 59.7 Å². The Labute approximate surface area is 208 Å². The average Bonchev–Trinajstić information content (AvgIpc) is 2.87. The number of hydrogen-bond acceptors (Lipinski definition) is 7. The standard InChI is InChI=1S/C26H18F3N5O3/c1-15-2-4-20-17(8-15)6-7-34-21(20)10-23(33-25(34)35)36-14-16-3-5-22(18(9-16)11-30)37-19-12-31-24(32-13-19)26(27,28)29/h2-5,8-10,12-13H,6-7,14H2,1H3. The highest BCUT2D eigenvalue weighted by Gasteiger charge is 2.34. The summed E-state index contributed by atoms with van der Waals surface area (Å²) in [5.74, 6) is -1.07. The molecule has 0 saturated heterocycles. The lowest BCUT2D eigenvalue weighted by atomic mass is 9.96. The molecule has 0 radical (unpaired) electrons. The smallest absolute Gasteiger partial charge is 0.451 e. The maximum Gasteiger partial charge on any atom is 0.451 e. The van der Waals surface area contributed by atoms with Gasteiger partial charge in [-0.15, -0.1) is 0 Å². The molecule has 0 spiro atoms. The first-order chi connectivity index (χ1) is 17.7. The third-order valence-electron chi connectivity index (χ3n) is 5.79. The molecule has 5 rings (SSSR count). The highest BCUT2D eigenvalue weighted by molar-refractivity contribution is 5.67. The maximum atomic E-state index is 12.6. The third kappa shape index (κ3) is 4.99. The summed E-state index contributed by atoms with van der Waals surface area (Å²) in [5.41, 5.74) is 4.32. The summed E-state index contributed by atoms with van der Waals surface area (Å²) in [5, 5.41) is 9.53. The first kappa shape index (κ1) is 24.0. The zero-order valence-electron chi connectivity index (χ0n) is 19.4. The lowest BCUT2D eigenvalue weighted by Gasteiger charge is -2.22. The van der Waals surface area contributed by atoms with E-state index in [1.54, 1.807) is 16.7 Å². The van der Waals surface area contributed by atoms with Gasteiger partial charge in [-0.3, -0.25) is 4.57 Å². The van der Waals surface area contributed by atoms with Gasteiger partial charge in [-0.25, -0.2) is 14.8 Å². The molecule has 8 nitrogen and oxygen atoms in total. The van der Waals surface area contributed by atoms with Gasteiger partial charge in [-0.1, -0.05) is 29.8 Å². The first-order valence-corrected chi connectivity index (χ1v) is 11.2. The van der Waals surface area contributed by atoms with E-state index < -0.39 is 17.7 Å². The number of fused-ring (bicyclic) bond motifs is 3. The molecule has 4 aromatic rings. The second kappa shape index (κ2) is 9.39. The minimum atomic E-state index is -4.67. The van der Waals surface area contributed by atoms with Crippen LogP contribution in [0.2, 0.25) is 0 Å². The van der Waals surface area contributed by atoms with Gasteiger partial charge in [0, 0.05) is 18.2 Å². The van der Waals surface area contributed by atoms with Gasteiger partial charge in [0.25, 0.3) is 0 Å². The lowest BCUT2D eigenvalue weighted by Crippen LogP contribution is -2.28. The SMILES string of the molecule is Cc1ccc2c(c1)CCn1c-2cc(OCc2ccc(Oc3cnc(C(F)(F)F)nc3)c(C#N)c2)nc1=O. The van der Waals surface area contributed by atoms with Crippen molar-refractivity contribution in [3.05, 3.63) is 93.4 Å². The molecule has 1 aliphatic rings. The van der Waals surface area contributed by atoms with Crippen LogP contribution in [-0.2, 0) is 25.7 Å². The summed E-state index contributed by atoms with van der Waals surface area (Å²) in [6.07, 6.45) is -2.16. The van der Waals surface area contributed by atoms with Crippen LogP contribution in [0, 0.1) is 18.3 Å². The number of benzene rings is 2. The number of halogens is 3. The number of rotatable bonds is 5. The van der Waals surface area contributed by atoms with Gasteiger partial charge in [-0.2, -0.15) is 23.4 Å². The van der Waals surface area contributed by atoms with E-state index in [-0.39, 0.29) is 29.5 Å². The zero-order valence-corrected chi connectivity index (χ0v) is 19.4. The maximum absolute atomic E-state index is 12.6. The van der Waals surface area contributed by atoms with Crippen molar-refractivity contribution >= 4 is 0 Å². The topological polar surface area (TPSA) is 103 Å². The van der Waals surface area contributed by atoms with Gasteiger partial charge in [0.15, 0.2) is 5.75 Å². The Morgan fingerprint density at radius 1 is 1.11 bits per heavy atom. The van der Waals surface area contributed by atoms with Gasteiger partial charge in [-0.05, 0) is 36.6 Å². The Kier molecular flexibility index (Phi) is 6.09. The van der Waals surface area contributed by atoms with E-state index in [2.05, 4.69) is 21.0 Å². The van der Waals surface area contributed by atoms with Gasteiger partial charge in [0.05, 0.1) is 23.7 Å². The van der Waals surface area contributed by atoms with Crippen LogP contribution in [0.25, 0.3) is 11.3 Å². The number of alkyl halides is 3. The minimum absolute atomic E-state index is 0.0228. The molecule has 37 heavy (non-hydrogen) atoms. The molecule has 2 aromatic carbocycles. The number of hydrogen-bond donors (Lipinski definition) is 0. The van der Waals surface area contributed by atoms with Crippen molar-refractivity contribution in [3.63, 3.8) is 0 Å². The molecule has 0 N–H and O–H groups in total. The van der Waals surface area contributed by atoms with Gasteiger partial charge >= 0.3 is 11.9 Å². The van der Waals surface area contributed by atoms with Crippen LogP contribution in [0.1, 0.15) is 28.1 Å². The number of nitriles is 1. The fourth-order valence-corrected chi connectivity index (χ4v) is 4.05. The van der Waals surface area contributed by atoms with Crippen molar-refractivity contribution in [1.29, 1.82) is 5.26 Å². The van der Waals surface area contributed by atoms with Crippen LogP contribution in [0.5, 0.6) is 17.4 Å². The highest BCUT2D eigenvalue weighted by Crippen LogP contribution is 2.31. The Bertz CT molecular complexity index is 1590. The van der Waals surface area contributed by atoms with Gasteiger partial charge in [0.1, 0.15) is 18.4 Å². The second-order valence-electron chi connectivity index (χ2n) is 8.40. The monoisotopic (exact) mass is 505 g/mol. The quantitative estimate of drug-likeness (QED) is 0.383. The predicted molar refractivity (Wildman–Crippen MR) is 125 cm³/mol. The molecule has 186 valence electrons. The highest BCUT2D eigenvalue weighted by atomic mass is 19.4. The molecule has 0 unspecified atom stereocenters. The molecular formula is C26H18F3N5O3. The normalized spacial score (nSPS) is 12.3. The average molecular weight is 505 g/mol. The van der Waals surface area contributed by atoms with Crippen molar-refractivity contribution in [1.82, 2.24) is 19.5 Å². The molecule has 2 aromatic heterocycles. The summed E-state index contributed by atoms with van der Waals surface area (Å²) in [4.78, 5) is 23.1. The second-order valence-corrected chi connectivity index (χ2v) is 8.40. The van der Waals surface area contributed by atoms with Crippen molar-refractivity contribution in [2.75, 3.05) is 0 Å². The van der Waals surface area contributed by atoms with Gasteiger partial charge < -0.3 is 9.47 Å². The van der Waals surface area contributed by atoms with E-state index in [4.69, 9.17) is 9.47 Å². The molecule has 0 saturated carbocycles. The van der Waals surface area contributed by atoms with E-state index in [1.807, 2.05) is 25.1 Å². The predicted octanol–water partition coefficient (Wildman–Crippen LogP) is 4.83. The lowest BCUT2D eigenvalue weighted by molar-refractivity contribution is -0.145. The minimum Gasteiger partial charge on any atom is -0.473 e. The molecule has 0 amide bonds. The van der Waals surface area contributed by atoms with Crippen molar-refractivity contribution < 1.29 is 22.6 Å². The molecule has 11 heteroatoms. The molecule has 0 aliphatic carbocycles. The van der Waals surface area contributed by atoms with E-state index in [1.165, 1.54) is 12.1 Å². The Morgan fingerprint density at radius 2 is 1.89 bits per heavy atom. The fourth-order valence-electron chi connectivity index (χ4n) is 4.05. The zero-order chi connectivity index (χ0) is 26.2. The largest absolute Gasteiger partial charge is 0.473 e. The molecular weight excluding hydrogens is 487 g/mol. The van der Waals surface area contributed by atoms with Crippen LogP contribution >= 0.6 is 0 Å². The first-order valence-electron chi connectivity index (χ1n) is 11.2. The van der Waals surface area contributed by atoms with Crippen LogP contribution in [0.3, 0.4) is 0 Å². The summed E-state index contributed by atoms with van der Waals surface area (Å²) < 4.78 is 50.8. The summed E-state index contributed by atoms with van der Waals surface area (Å²) >= 11 is 0. The fraction of sp³-hybridized carbons (Fsp3) is 0.192. The van der Waals surface area contributed by atoms with Crippen molar-refractivity contribution in [2.45, 2.75) is 32.7 Å². The Morgan fingerprint density at radius 3 is 2.62 bits per heavy atom. The van der Waals surface area contributed by atoms with Crippen molar-refractivity contribution in [3.8, 4) is 34.7 Å². The van der Waals surface area contributed by atoms with Crippen LogP contribution < -0.4 is 15.2 Å². The molecule has 0 fully saturated rings. The number of aryl methyl sites for hydroxylation is 2. The number of ether oxygens (including phenoxy) is 2. The van der Waals surface area contributed by atoms with Gasteiger partial charge in [0.2, 0.25) is 11.7 Å².